The first-order chi connectivity index (χ1) is 8.33. The van der Waals surface area contributed by atoms with Crippen LogP contribution in [0.25, 0.3) is 0 Å². The number of nitrogens with zero attached hydrogens (tertiary/aromatic N) is 2. The molecule has 1 saturated carbocycles. The van der Waals surface area contributed by atoms with Crippen LogP contribution in [0.5, 0.6) is 0 Å². The van der Waals surface area contributed by atoms with Gasteiger partial charge in [-0.1, -0.05) is 6.07 Å². The largest absolute Gasteiger partial charge is 0.361 e. The van der Waals surface area contributed by atoms with E-state index in [0.717, 1.165) is 17.4 Å². The minimum atomic E-state index is 0.337. The molecule has 4 heteroatoms. The van der Waals surface area contributed by atoms with E-state index in [1.165, 1.54) is 17.8 Å². The molecule has 2 aromatic rings. The van der Waals surface area contributed by atoms with Crippen molar-refractivity contribution in [2.45, 2.75) is 25.8 Å². The van der Waals surface area contributed by atoms with Crippen LogP contribution >= 0.6 is 11.3 Å². The van der Waals surface area contributed by atoms with E-state index in [2.05, 4.69) is 15.3 Å². The Kier molecular flexibility index (Phi) is 2.81. The Morgan fingerprint density at radius 2 is 2.29 bits per heavy atom. The van der Waals surface area contributed by atoms with E-state index in [9.17, 15) is 0 Å². The van der Waals surface area contributed by atoms with Gasteiger partial charge in [0.1, 0.15) is 10.8 Å². The molecule has 3 rings (SSSR count). The van der Waals surface area contributed by atoms with Crippen molar-refractivity contribution in [1.82, 2.24) is 9.97 Å². The average molecular weight is 245 g/mol. The second kappa shape index (κ2) is 4.45. The molecule has 1 aliphatic carbocycles. The molecule has 0 amide bonds. The lowest BCUT2D eigenvalue weighted by Crippen LogP contribution is -2.13. The standard InChI is InChI=1S/C13H15N3S/c1-9-3-2-4-11(15-9)16-12(10-5-6-10)13-14-7-8-17-13/h2-4,7-8,10,12H,5-6H2,1H3,(H,15,16). The summed E-state index contributed by atoms with van der Waals surface area (Å²) < 4.78 is 0. The number of nitrogens with one attached hydrogen (secondary N) is 1. The van der Waals surface area contributed by atoms with Gasteiger partial charge in [0.15, 0.2) is 0 Å². The Labute approximate surface area is 105 Å². The lowest BCUT2D eigenvalue weighted by molar-refractivity contribution is 0.670. The molecular formula is C13H15N3S. The van der Waals surface area contributed by atoms with Gasteiger partial charge in [-0.15, -0.1) is 11.3 Å². The van der Waals surface area contributed by atoms with Crippen molar-refractivity contribution in [2.75, 3.05) is 5.32 Å². The maximum Gasteiger partial charge on any atom is 0.126 e. The van der Waals surface area contributed by atoms with E-state index in [1.807, 2.05) is 36.7 Å². The van der Waals surface area contributed by atoms with E-state index in [1.54, 1.807) is 11.3 Å². The fourth-order valence-corrected chi connectivity index (χ4v) is 2.76. The zero-order valence-corrected chi connectivity index (χ0v) is 10.6. The lowest BCUT2D eigenvalue weighted by atomic mass is 10.2. The third kappa shape index (κ3) is 2.47. The molecule has 0 aliphatic heterocycles. The van der Waals surface area contributed by atoms with E-state index in [0.29, 0.717) is 6.04 Å². The van der Waals surface area contributed by atoms with Gasteiger partial charge in [-0.3, -0.25) is 0 Å². The molecule has 2 heterocycles. The SMILES string of the molecule is Cc1cccc(NC(c2nccs2)C2CC2)n1. The predicted molar refractivity (Wildman–Crippen MR) is 70.2 cm³/mol. The van der Waals surface area contributed by atoms with Gasteiger partial charge in [0, 0.05) is 17.3 Å². The topological polar surface area (TPSA) is 37.8 Å². The average Bonchev–Trinajstić information content (AvgIpc) is 3.01. The van der Waals surface area contributed by atoms with Gasteiger partial charge in [-0.25, -0.2) is 9.97 Å². The number of pyridine rings is 1. The van der Waals surface area contributed by atoms with E-state index < -0.39 is 0 Å². The van der Waals surface area contributed by atoms with Gasteiger partial charge in [-0.2, -0.15) is 0 Å². The van der Waals surface area contributed by atoms with Gasteiger partial charge >= 0.3 is 0 Å². The summed E-state index contributed by atoms with van der Waals surface area (Å²) in [7, 11) is 0. The summed E-state index contributed by atoms with van der Waals surface area (Å²) in [6, 6.07) is 6.41. The van der Waals surface area contributed by atoms with Crippen LogP contribution < -0.4 is 5.32 Å². The monoisotopic (exact) mass is 245 g/mol. The summed E-state index contributed by atoms with van der Waals surface area (Å²) in [6.45, 7) is 2.01. The minimum Gasteiger partial charge on any atom is -0.361 e. The van der Waals surface area contributed by atoms with Crippen molar-refractivity contribution >= 4 is 17.2 Å². The first-order valence-electron chi connectivity index (χ1n) is 5.92. The molecule has 1 fully saturated rings. The molecule has 1 unspecified atom stereocenters. The number of hydrogen-bond donors (Lipinski definition) is 1. The molecule has 2 aromatic heterocycles. The highest BCUT2D eigenvalue weighted by Gasteiger charge is 2.34. The molecule has 0 aromatic carbocycles. The maximum absolute atomic E-state index is 4.50. The second-order valence-electron chi connectivity index (χ2n) is 4.49. The number of aryl methyl sites for hydroxylation is 1. The van der Waals surface area contributed by atoms with Crippen molar-refractivity contribution in [2.24, 2.45) is 5.92 Å². The number of thiazole rings is 1. The number of anilines is 1. The smallest absolute Gasteiger partial charge is 0.126 e. The Morgan fingerprint density at radius 1 is 1.41 bits per heavy atom. The van der Waals surface area contributed by atoms with Crippen LogP contribution in [0.15, 0.2) is 29.8 Å². The highest BCUT2D eigenvalue weighted by molar-refractivity contribution is 7.09. The molecule has 3 nitrogen and oxygen atoms in total. The zero-order valence-electron chi connectivity index (χ0n) is 9.76. The highest BCUT2D eigenvalue weighted by atomic mass is 32.1. The van der Waals surface area contributed by atoms with Gasteiger partial charge in [0.2, 0.25) is 0 Å². The van der Waals surface area contributed by atoms with Crippen LogP contribution in [0.1, 0.15) is 29.6 Å². The van der Waals surface area contributed by atoms with Crippen molar-refractivity contribution in [1.29, 1.82) is 0 Å². The van der Waals surface area contributed by atoms with Crippen LogP contribution in [0, 0.1) is 12.8 Å². The summed E-state index contributed by atoms with van der Waals surface area (Å²) >= 11 is 1.72. The third-order valence-corrected chi connectivity index (χ3v) is 3.86. The first kappa shape index (κ1) is 10.7. The normalized spacial score (nSPS) is 16.8. The first-order valence-corrected chi connectivity index (χ1v) is 6.80. The van der Waals surface area contributed by atoms with Crippen LogP contribution in [0.3, 0.4) is 0 Å². The van der Waals surface area contributed by atoms with Gasteiger partial charge in [0.25, 0.3) is 0 Å². The molecule has 0 radical (unpaired) electrons. The Balaban J connectivity index is 1.81. The summed E-state index contributed by atoms with van der Waals surface area (Å²) in [4.78, 5) is 8.92. The van der Waals surface area contributed by atoms with Crippen molar-refractivity contribution < 1.29 is 0 Å². The van der Waals surface area contributed by atoms with Crippen molar-refractivity contribution in [3.8, 4) is 0 Å². The van der Waals surface area contributed by atoms with E-state index in [-0.39, 0.29) is 0 Å². The van der Waals surface area contributed by atoms with Crippen LogP contribution in [-0.4, -0.2) is 9.97 Å². The van der Waals surface area contributed by atoms with Crippen LogP contribution in [0.2, 0.25) is 0 Å². The lowest BCUT2D eigenvalue weighted by Gasteiger charge is -2.16. The summed E-state index contributed by atoms with van der Waals surface area (Å²) in [5.41, 5.74) is 1.05. The number of aromatic nitrogens is 2. The van der Waals surface area contributed by atoms with Crippen molar-refractivity contribution in [3.05, 3.63) is 40.5 Å². The summed E-state index contributed by atoms with van der Waals surface area (Å²) in [6.07, 6.45) is 4.47. The minimum absolute atomic E-state index is 0.337. The molecule has 1 atom stereocenters. The van der Waals surface area contributed by atoms with Gasteiger partial charge in [-0.05, 0) is 37.8 Å². The highest BCUT2D eigenvalue weighted by Crippen LogP contribution is 2.43. The molecule has 1 aliphatic rings. The molecule has 0 saturated heterocycles. The van der Waals surface area contributed by atoms with Crippen LogP contribution in [0.4, 0.5) is 5.82 Å². The Bertz CT molecular complexity index is 491. The molecule has 1 N–H and O–H groups in total. The van der Waals surface area contributed by atoms with Gasteiger partial charge < -0.3 is 5.32 Å². The fraction of sp³-hybridized carbons (Fsp3) is 0.385. The molecule has 0 spiro atoms. The Morgan fingerprint density at radius 3 is 2.94 bits per heavy atom. The Hall–Kier alpha value is -1.42. The number of hydrogen-bond acceptors (Lipinski definition) is 4. The zero-order chi connectivity index (χ0) is 11.7. The van der Waals surface area contributed by atoms with Crippen LogP contribution in [-0.2, 0) is 0 Å². The predicted octanol–water partition coefficient (Wildman–Crippen LogP) is 3.41. The molecule has 88 valence electrons. The van der Waals surface area contributed by atoms with E-state index >= 15 is 0 Å². The molecule has 0 bridgehead atoms. The van der Waals surface area contributed by atoms with Gasteiger partial charge in [0.05, 0.1) is 6.04 Å². The van der Waals surface area contributed by atoms with E-state index in [4.69, 9.17) is 0 Å². The third-order valence-electron chi connectivity index (χ3n) is 3.00. The number of rotatable bonds is 4. The van der Waals surface area contributed by atoms with Crippen molar-refractivity contribution in [3.63, 3.8) is 0 Å². The maximum atomic E-state index is 4.50. The fourth-order valence-electron chi connectivity index (χ4n) is 1.98. The summed E-state index contributed by atoms with van der Waals surface area (Å²) in [5.74, 6) is 1.68. The summed E-state index contributed by atoms with van der Waals surface area (Å²) in [5, 5.41) is 6.74. The molecular weight excluding hydrogens is 230 g/mol. The second-order valence-corrected chi connectivity index (χ2v) is 5.42. The quantitative estimate of drug-likeness (QED) is 0.897. The molecule has 17 heavy (non-hydrogen) atoms.